The first-order chi connectivity index (χ1) is 13.8. The molecule has 29 heavy (non-hydrogen) atoms. The number of aromatic nitrogens is 1. The number of sulfonamides is 1. The van der Waals surface area contributed by atoms with Gasteiger partial charge in [0.15, 0.2) is 5.13 Å². The van der Waals surface area contributed by atoms with Crippen LogP contribution in [0.5, 0.6) is 0 Å². The highest BCUT2D eigenvalue weighted by atomic mass is 32.2. The molecule has 0 aliphatic rings. The zero-order valence-corrected chi connectivity index (χ0v) is 18.3. The number of fused-ring (bicyclic) bond motifs is 1. The number of aryl methyl sites for hydroxylation is 1. The molecule has 9 heteroatoms. The molecule has 1 amide bonds. The molecule has 1 heterocycles. The molecule has 0 saturated heterocycles. The molecule has 1 N–H and O–H groups in total. The van der Waals surface area contributed by atoms with Crippen molar-refractivity contribution in [2.45, 2.75) is 11.8 Å². The molecule has 0 saturated carbocycles. The molecule has 0 aliphatic carbocycles. The summed E-state index contributed by atoms with van der Waals surface area (Å²) in [6.07, 6.45) is 0. The fraction of sp³-hybridized carbons (Fsp3) is 0.300. The lowest BCUT2D eigenvalue weighted by Gasteiger charge is -2.23. The van der Waals surface area contributed by atoms with Crippen LogP contribution in [0.1, 0.15) is 5.69 Å². The Kier molecular flexibility index (Phi) is 6.63. The van der Waals surface area contributed by atoms with E-state index in [4.69, 9.17) is 0 Å². The van der Waals surface area contributed by atoms with Gasteiger partial charge in [0, 0.05) is 18.5 Å². The Morgan fingerprint density at radius 1 is 1.10 bits per heavy atom. The topological polar surface area (TPSA) is 82.6 Å². The summed E-state index contributed by atoms with van der Waals surface area (Å²) >= 11 is 1.31. The monoisotopic (exact) mass is 432 g/mol. The zero-order chi connectivity index (χ0) is 21.0. The second kappa shape index (κ2) is 9.00. The number of hydrogen-bond donors (Lipinski definition) is 1. The maximum absolute atomic E-state index is 13.3. The number of benzene rings is 2. The van der Waals surface area contributed by atoms with Gasteiger partial charge in [-0.1, -0.05) is 30.3 Å². The summed E-state index contributed by atoms with van der Waals surface area (Å²) < 4.78 is 27.8. The van der Waals surface area contributed by atoms with E-state index < -0.39 is 15.9 Å². The van der Waals surface area contributed by atoms with Crippen molar-refractivity contribution in [1.82, 2.24) is 14.2 Å². The van der Waals surface area contributed by atoms with Crippen molar-refractivity contribution >= 4 is 43.2 Å². The van der Waals surface area contributed by atoms with Crippen molar-refractivity contribution in [1.29, 1.82) is 0 Å². The first-order valence-electron chi connectivity index (χ1n) is 9.11. The molecular weight excluding hydrogens is 408 g/mol. The minimum absolute atomic E-state index is 0.174. The average Bonchev–Trinajstić information content (AvgIpc) is 3.08. The highest BCUT2D eigenvalue weighted by molar-refractivity contribution is 7.89. The number of likely N-dealkylation sites (N-methyl/N-ethyl adjacent to an activating group) is 1. The van der Waals surface area contributed by atoms with E-state index in [2.05, 4.69) is 10.3 Å². The van der Waals surface area contributed by atoms with Gasteiger partial charge in [-0.15, -0.1) is 11.3 Å². The number of anilines is 1. The molecule has 0 fully saturated rings. The molecule has 3 rings (SSSR count). The number of amides is 1. The van der Waals surface area contributed by atoms with E-state index in [1.807, 2.05) is 55.6 Å². The van der Waals surface area contributed by atoms with Gasteiger partial charge < -0.3 is 10.2 Å². The molecule has 7 nitrogen and oxygen atoms in total. The van der Waals surface area contributed by atoms with Crippen LogP contribution in [0, 0.1) is 6.92 Å². The predicted octanol–water partition coefficient (Wildman–Crippen LogP) is 2.80. The van der Waals surface area contributed by atoms with Gasteiger partial charge >= 0.3 is 0 Å². The fourth-order valence-corrected chi connectivity index (χ4v) is 4.93. The van der Waals surface area contributed by atoms with E-state index in [9.17, 15) is 13.2 Å². The molecule has 0 aliphatic heterocycles. The van der Waals surface area contributed by atoms with Gasteiger partial charge in [-0.25, -0.2) is 13.4 Å². The van der Waals surface area contributed by atoms with Gasteiger partial charge in [0.2, 0.25) is 15.9 Å². The highest BCUT2D eigenvalue weighted by Gasteiger charge is 2.27. The number of thiazole rings is 1. The van der Waals surface area contributed by atoms with E-state index in [1.165, 1.54) is 15.6 Å². The normalized spacial score (nSPS) is 12.0. The van der Waals surface area contributed by atoms with Gasteiger partial charge in [0.25, 0.3) is 0 Å². The zero-order valence-electron chi connectivity index (χ0n) is 16.6. The number of carbonyl (C=O) groups is 1. The fourth-order valence-electron chi connectivity index (χ4n) is 2.80. The van der Waals surface area contributed by atoms with Crippen LogP contribution in [0.2, 0.25) is 0 Å². The third-order valence-electron chi connectivity index (χ3n) is 4.34. The summed E-state index contributed by atoms with van der Waals surface area (Å²) in [5, 5.41) is 6.77. The minimum Gasteiger partial charge on any atom is -0.308 e. The lowest BCUT2D eigenvalue weighted by atomic mass is 10.1. The van der Waals surface area contributed by atoms with Gasteiger partial charge in [-0.2, -0.15) is 4.31 Å². The Hall–Kier alpha value is -2.33. The van der Waals surface area contributed by atoms with Crippen LogP contribution < -0.4 is 5.32 Å². The lowest BCUT2D eigenvalue weighted by molar-refractivity contribution is -0.116. The van der Waals surface area contributed by atoms with Crippen molar-refractivity contribution in [3.63, 3.8) is 0 Å². The van der Waals surface area contributed by atoms with Crippen molar-refractivity contribution in [3.05, 3.63) is 53.5 Å². The molecule has 0 spiro atoms. The summed E-state index contributed by atoms with van der Waals surface area (Å²) in [6.45, 7) is 2.25. The van der Waals surface area contributed by atoms with Gasteiger partial charge in [-0.05, 0) is 43.9 Å². The third kappa shape index (κ3) is 5.39. The van der Waals surface area contributed by atoms with Crippen LogP contribution in [-0.4, -0.2) is 62.2 Å². The van der Waals surface area contributed by atoms with E-state index in [0.29, 0.717) is 11.7 Å². The first kappa shape index (κ1) is 21.4. The molecule has 3 aromatic rings. The summed E-state index contributed by atoms with van der Waals surface area (Å²) in [6, 6.07) is 12.6. The lowest BCUT2D eigenvalue weighted by Crippen LogP contribution is -2.41. The number of rotatable bonds is 8. The standard InChI is InChI=1S/C20H24N4O3S2/c1-15-14-28-20(21-15)22-19(25)13-24(11-10-23(2)3)29(26,27)18-9-8-16-6-4-5-7-17(16)12-18/h4-9,12,14H,10-11,13H2,1-3H3,(H,21,22,25). The Balaban J connectivity index is 1.85. The minimum atomic E-state index is -3.84. The summed E-state index contributed by atoms with van der Waals surface area (Å²) in [4.78, 5) is 18.8. The molecule has 0 atom stereocenters. The third-order valence-corrected chi connectivity index (χ3v) is 7.06. The van der Waals surface area contributed by atoms with Crippen molar-refractivity contribution in [3.8, 4) is 0 Å². The van der Waals surface area contributed by atoms with Gasteiger partial charge in [-0.3, -0.25) is 4.79 Å². The van der Waals surface area contributed by atoms with Crippen LogP contribution in [0.25, 0.3) is 10.8 Å². The molecule has 1 aromatic heterocycles. The second-order valence-electron chi connectivity index (χ2n) is 6.99. The van der Waals surface area contributed by atoms with Gasteiger partial charge in [0.05, 0.1) is 17.1 Å². The van der Waals surface area contributed by atoms with Crippen molar-refractivity contribution in [2.24, 2.45) is 0 Å². The Morgan fingerprint density at radius 3 is 2.48 bits per heavy atom. The van der Waals surface area contributed by atoms with Crippen LogP contribution >= 0.6 is 11.3 Å². The smallest absolute Gasteiger partial charge is 0.243 e. The Morgan fingerprint density at radius 2 is 1.83 bits per heavy atom. The van der Waals surface area contributed by atoms with Gasteiger partial charge in [0.1, 0.15) is 0 Å². The largest absolute Gasteiger partial charge is 0.308 e. The maximum Gasteiger partial charge on any atom is 0.243 e. The maximum atomic E-state index is 13.3. The van der Waals surface area contributed by atoms with E-state index in [-0.39, 0.29) is 18.0 Å². The molecule has 0 bridgehead atoms. The average molecular weight is 433 g/mol. The van der Waals surface area contributed by atoms with E-state index >= 15 is 0 Å². The van der Waals surface area contributed by atoms with Crippen LogP contribution in [0.3, 0.4) is 0 Å². The molecule has 154 valence electrons. The number of hydrogen-bond acceptors (Lipinski definition) is 6. The number of nitrogens with one attached hydrogen (secondary N) is 1. The highest BCUT2D eigenvalue weighted by Crippen LogP contribution is 2.22. The van der Waals surface area contributed by atoms with Crippen LogP contribution in [0.15, 0.2) is 52.7 Å². The summed E-state index contributed by atoms with van der Waals surface area (Å²) in [7, 11) is -0.121. The van der Waals surface area contributed by atoms with E-state index in [1.54, 1.807) is 18.2 Å². The molecule has 0 unspecified atom stereocenters. The van der Waals surface area contributed by atoms with Crippen molar-refractivity contribution < 1.29 is 13.2 Å². The quantitative estimate of drug-likeness (QED) is 0.592. The van der Waals surface area contributed by atoms with Crippen molar-refractivity contribution in [2.75, 3.05) is 39.0 Å². The molecule has 0 radical (unpaired) electrons. The SMILES string of the molecule is Cc1csc(NC(=O)CN(CCN(C)C)S(=O)(=O)c2ccc3ccccc3c2)n1. The van der Waals surface area contributed by atoms with Crippen LogP contribution in [0.4, 0.5) is 5.13 Å². The van der Waals surface area contributed by atoms with E-state index in [0.717, 1.165) is 16.5 Å². The van der Waals surface area contributed by atoms with Crippen LogP contribution in [-0.2, 0) is 14.8 Å². The second-order valence-corrected chi connectivity index (χ2v) is 9.79. The number of carbonyl (C=O) groups excluding carboxylic acids is 1. The molecule has 2 aromatic carbocycles. The summed E-state index contributed by atoms with van der Waals surface area (Å²) in [5.74, 6) is -0.414. The number of nitrogens with zero attached hydrogens (tertiary/aromatic N) is 3. The Labute approximate surface area is 175 Å². The molecular formula is C20H24N4O3S2. The predicted molar refractivity (Wildman–Crippen MR) is 117 cm³/mol. The summed E-state index contributed by atoms with van der Waals surface area (Å²) in [5.41, 5.74) is 0.804. The Bertz CT molecular complexity index is 1110. The first-order valence-corrected chi connectivity index (χ1v) is 11.4.